The van der Waals surface area contributed by atoms with Gasteiger partial charge in [0.25, 0.3) is 0 Å². The van der Waals surface area contributed by atoms with Crippen molar-refractivity contribution < 1.29 is 23.8 Å². The summed E-state index contributed by atoms with van der Waals surface area (Å²) in [5.74, 6) is 0.562. The van der Waals surface area contributed by atoms with Gasteiger partial charge in [-0.3, -0.25) is 9.59 Å². The number of hydrogen-bond acceptors (Lipinski definition) is 5. The molecule has 5 nitrogen and oxygen atoms in total. The summed E-state index contributed by atoms with van der Waals surface area (Å²) in [6.07, 6.45) is 2.50. The smallest absolute Gasteiger partial charge is 0.207 e. The van der Waals surface area contributed by atoms with Crippen molar-refractivity contribution in [1.29, 1.82) is 0 Å². The van der Waals surface area contributed by atoms with Crippen LogP contribution in [0.4, 0.5) is 0 Å². The molecule has 0 fully saturated rings. The van der Waals surface area contributed by atoms with Crippen molar-refractivity contribution in [2.75, 3.05) is 20.5 Å². The maximum atomic E-state index is 12.1. The van der Waals surface area contributed by atoms with Crippen LogP contribution in [0.2, 0.25) is 0 Å². The van der Waals surface area contributed by atoms with Crippen LogP contribution in [0.3, 0.4) is 0 Å². The highest BCUT2D eigenvalue weighted by molar-refractivity contribution is 6.07. The van der Waals surface area contributed by atoms with E-state index in [4.69, 9.17) is 14.2 Å². The van der Waals surface area contributed by atoms with Gasteiger partial charge in [-0.1, -0.05) is 11.6 Å². The van der Waals surface area contributed by atoms with Crippen molar-refractivity contribution in [3.8, 4) is 11.5 Å². The van der Waals surface area contributed by atoms with E-state index in [1.54, 1.807) is 6.07 Å². The first-order valence-corrected chi connectivity index (χ1v) is 7.07. The molecule has 1 aromatic rings. The van der Waals surface area contributed by atoms with Gasteiger partial charge in [-0.05, 0) is 33.3 Å². The van der Waals surface area contributed by atoms with Gasteiger partial charge in [-0.25, -0.2) is 0 Å². The van der Waals surface area contributed by atoms with Crippen LogP contribution in [-0.2, 0) is 11.2 Å². The summed E-state index contributed by atoms with van der Waals surface area (Å²) in [5.41, 5.74) is 2.73. The second-order valence-electron chi connectivity index (χ2n) is 5.41. The largest absolute Gasteiger partial charge is 0.485 e. The molecule has 0 spiro atoms. The second-order valence-corrected chi connectivity index (χ2v) is 5.41. The molecule has 0 radical (unpaired) electrons. The van der Waals surface area contributed by atoms with Crippen LogP contribution in [-0.4, -0.2) is 32.1 Å². The average molecular weight is 304 g/mol. The van der Waals surface area contributed by atoms with Crippen LogP contribution in [0.25, 0.3) is 0 Å². The molecule has 2 rings (SSSR count). The number of ketones is 2. The third-order valence-electron chi connectivity index (χ3n) is 3.40. The third-order valence-corrected chi connectivity index (χ3v) is 3.40. The van der Waals surface area contributed by atoms with Crippen LogP contribution in [0.1, 0.15) is 47.1 Å². The van der Waals surface area contributed by atoms with Gasteiger partial charge in [0.2, 0.25) is 5.78 Å². The minimum Gasteiger partial charge on any atom is -0.485 e. The first-order valence-electron chi connectivity index (χ1n) is 7.07. The van der Waals surface area contributed by atoms with Gasteiger partial charge in [-0.15, -0.1) is 0 Å². The van der Waals surface area contributed by atoms with Gasteiger partial charge < -0.3 is 14.2 Å². The zero-order valence-electron chi connectivity index (χ0n) is 13.3. The molecule has 5 heteroatoms. The average Bonchev–Trinajstić information content (AvgIpc) is 2.83. The number of fused-ring (bicyclic) bond motifs is 1. The lowest BCUT2D eigenvalue weighted by Crippen LogP contribution is -2.10. The molecule has 0 saturated heterocycles. The maximum Gasteiger partial charge on any atom is 0.207 e. The Labute approximate surface area is 129 Å². The summed E-state index contributed by atoms with van der Waals surface area (Å²) in [5, 5.41) is 0. The number of benzene rings is 1. The topological polar surface area (TPSA) is 61.8 Å². The lowest BCUT2D eigenvalue weighted by atomic mass is 9.95. The van der Waals surface area contributed by atoms with E-state index >= 15 is 0 Å². The molecule has 0 saturated carbocycles. The highest BCUT2D eigenvalue weighted by atomic mass is 16.7. The highest BCUT2D eigenvalue weighted by Crippen LogP contribution is 2.39. The van der Waals surface area contributed by atoms with Gasteiger partial charge in [0.05, 0.1) is 0 Å². The van der Waals surface area contributed by atoms with Gasteiger partial charge in [0, 0.05) is 18.2 Å². The van der Waals surface area contributed by atoms with E-state index < -0.39 is 0 Å². The molecular formula is C17H20O5. The minimum absolute atomic E-state index is 0.00288. The summed E-state index contributed by atoms with van der Waals surface area (Å²) in [6.45, 7) is 5.42. The second kappa shape index (κ2) is 6.75. The van der Waals surface area contributed by atoms with Crippen molar-refractivity contribution in [3.63, 3.8) is 0 Å². The van der Waals surface area contributed by atoms with E-state index in [0.29, 0.717) is 34.6 Å². The number of methoxy groups -OCH3 is 1. The monoisotopic (exact) mass is 304 g/mol. The van der Waals surface area contributed by atoms with Gasteiger partial charge >= 0.3 is 0 Å². The number of hydrogen-bond donors (Lipinski definition) is 0. The molecule has 0 atom stereocenters. The Bertz CT molecular complexity index is 639. The van der Waals surface area contributed by atoms with Crippen LogP contribution < -0.4 is 9.47 Å². The number of rotatable bonds is 6. The number of carbonyl (C=O) groups is 2. The molecule has 0 bridgehead atoms. The molecule has 1 aliphatic rings. The Morgan fingerprint density at radius 3 is 2.68 bits per heavy atom. The Morgan fingerprint density at radius 2 is 2.09 bits per heavy atom. The molecule has 1 heterocycles. The van der Waals surface area contributed by atoms with Crippen molar-refractivity contribution in [3.05, 3.63) is 34.4 Å². The summed E-state index contributed by atoms with van der Waals surface area (Å²) >= 11 is 0. The van der Waals surface area contributed by atoms with Gasteiger partial charge in [0.1, 0.15) is 17.1 Å². The van der Waals surface area contributed by atoms with Gasteiger partial charge in [-0.2, -0.15) is 0 Å². The predicted molar refractivity (Wildman–Crippen MR) is 81.9 cm³/mol. The summed E-state index contributed by atoms with van der Waals surface area (Å²) < 4.78 is 15.9. The number of allylic oxidation sites excluding steroid dienone is 2. The Hall–Kier alpha value is -2.14. The quantitative estimate of drug-likeness (QED) is 0.459. The first-order chi connectivity index (χ1) is 10.5. The number of carbonyl (C=O) groups excluding carboxylic acids is 2. The third kappa shape index (κ3) is 3.20. The molecule has 0 N–H and O–H groups in total. The molecular weight excluding hydrogens is 284 g/mol. The zero-order chi connectivity index (χ0) is 16.3. The van der Waals surface area contributed by atoms with Crippen molar-refractivity contribution in [2.24, 2.45) is 0 Å². The fourth-order valence-electron chi connectivity index (χ4n) is 2.37. The summed E-state index contributed by atoms with van der Waals surface area (Å²) in [4.78, 5) is 24.0. The fraction of sp³-hybridized carbons (Fsp3) is 0.412. The molecule has 1 aromatic carbocycles. The lowest BCUT2D eigenvalue weighted by Gasteiger charge is -2.16. The fourth-order valence-corrected chi connectivity index (χ4v) is 2.37. The van der Waals surface area contributed by atoms with E-state index in [-0.39, 0.29) is 25.0 Å². The summed E-state index contributed by atoms with van der Waals surface area (Å²) in [6, 6.07) is 1.64. The zero-order valence-corrected chi connectivity index (χ0v) is 13.3. The molecule has 22 heavy (non-hydrogen) atoms. The number of ether oxygens (including phenoxy) is 3. The maximum absolute atomic E-state index is 12.1. The van der Waals surface area contributed by atoms with Crippen molar-refractivity contribution in [2.45, 2.75) is 27.2 Å². The van der Waals surface area contributed by atoms with Crippen molar-refractivity contribution >= 4 is 11.6 Å². The Kier molecular flexibility index (Phi) is 4.98. The molecule has 0 unspecified atom stereocenters. The van der Waals surface area contributed by atoms with Crippen LogP contribution in [0.5, 0.6) is 11.5 Å². The van der Waals surface area contributed by atoms with E-state index in [0.717, 1.165) is 5.57 Å². The van der Waals surface area contributed by atoms with Crippen LogP contribution >= 0.6 is 0 Å². The first kappa shape index (κ1) is 16.2. The van der Waals surface area contributed by atoms with Crippen LogP contribution in [0.15, 0.2) is 17.7 Å². The molecule has 1 aliphatic heterocycles. The van der Waals surface area contributed by atoms with Crippen molar-refractivity contribution in [1.82, 2.24) is 0 Å². The minimum atomic E-state index is -0.144. The van der Waals surface area contributed by atoms with Crippen LogP contribution in [0, 0.1) is 0 Å². The summed E-state index contributed by atoms with van der Waals surface area (Å²) in [7, 11) is 1.50. The highest BCUT2D eigenvalue weighted by Gasteiger charge is 2.30. The van der Waals surface area contributed by atoms with E-state index in [1.165, 1.54) is 14.0 Å². The predicted octanol–water partition coefficient (Wildman–Crippen LogP) is 2.96. The number of Topliss-reactive ketones (excluding diaryl/α,β-unsaturated/α-hetero) is 2. The molecule has 0 aromatic heterocycles. The SMILES string of the molecule is COCOc1c(CC=C(C)C)c(C(C)=O)cc2c1C(=O)CO2. The van der Waals surface area contributed by atoms with Gasteiger partial charge in [0.15, 0.2) is 19.2 Å². The molecule has 118 valence electrons. The van der Waals surface area contributed by atoms with E-state index in [1.807, 2.05) is 19.9 Å². The normalized spacial score (nSPS) is 12.6. The van der Waals surface area contributed by atoms with E-state index in [9.17, 15) is 9.59 Å². The lowest BCUT2D eigenvalue weighted by molar-refractivity contribution is 0.0496. The standard InChI is InChI=1S/C17H20O5/c1-10(2)5-6-12-13(11(3)18)7-15-16(14(19)8-21-15)17(12)22-9-20-4/h5,7H,6,8-9H2,1-4H3. The van der Waals surface area contributed by atoms with E-state index in [2.05, 4.69) is 0 Å². The molecule has 0 aliphatic carbocycles. The molecule has 0 amide bonds. The Morgan fingerprint density at radius 1 is 1.36 bits per heavy atom. The Balaban J connectivity index is 2.64.